The van der Waals surface area contributed by atoms with E-state index in [1.165, 1.54) is 30.4 Å². The van der Waals surface area contributed by atoms with E-state index in [-0.39, 0.29) is 18.1 Å². The molecule has 0 aromatic heterocycles. The molecule has 1 amide bonds. The molecule has 0 spiro atoms. The molecule has 1 heterocycles. The minimum Gasteiger partial charge on any atom is -0.491 e. The fourth-order valence-electron chi connectivity index (χ4n) is 3.72. The summed E-state index contributed by atoms with van der Waals surface area (Å²) in [5.74, 6) is 0.752. The highest BCUT2D eigenvalue weighted by Crippen LogP contribution is 2.24. The smallest absolute Gasteiger partial charge is 0.251 e. The largest absolute Gasteiger partial charge is 0.491 e. The van der Waals surface area contributed by atoms with Crippen molar-refractivity contribution in [2.45, 2.75) is 52.2 Å². The zero-order chi connectivity index (χ0) is 19.9. The third kappa shape index (κ3) is 5.59. The molecular formula is C24H32N2O2. The van der Waals surface area contributed by atoms with E-state index in [4.69, 9.17) is 4.74 Å². The van der Waals surface area contributed by atoms with Crippen LogP contribution in [0, 0.1) is 6.92 Å². The first-order valence-corrected chi connectivity index (χ1v) is 10.4. The Morgan fingerprint density at radius 2 is 1.64 bits per heavy atom. The number of hydrogen-bond acceptors (Lipinski definition) is 3. The number of likely N-dealkylation sites (tertiary alicyclic amines) is 1. The van der Waals surface area contributed by atoms with Gasteiger partial charge in [-0.1, -0.05) is 36.2 Å². The summed E-state index contributed by atoms with van der Waals surface area (Å²) in [5.41, 5.74) is 3.19. The summed E-state index contributed by atoms with van der Waals surface area (Å²) in [4.78, 5) is 15.2. The second-order valence-electron chi connectivity index (χ2n) is 7.92. The molecule has 1 unspecified atom stereocenters. The number of amides is 1. The average molecular weight is 381 g/mol. The third-order valence-electron chi connectivity index (χ3n) is 5.24. The highest BCUT2D eigenvalue weighted by atomic mass is 16.5. The number of hydrogen-bond donors (Lipinski definition) is 1. The van der Waals surface area contributed by atoms with E-state index in [2.05, 4.69) is 41.4 Å². The van der Waals surface area contributed by atoms with Gasteiger partial charge in [0.2, 0.25) is 0 Å². The van der Waals surface area contributed by atoms with Crippen molar-refractivity contribution in [3.8, 4) is 5.75 Å². The summed E-state index contributed by atoms with van der Waals surface area (Å²) in [5, 5.41) is 3.15. The molecule has 1 N–H and O–H groups in total. The van der Waals surface area contributed by atoms with Gasteiger partial charge in [0.05, 0.1) is 12.1 Å². The average Bonchev–Trinajstić information content (AvgIpc) is 2.70. The number of carbonyl (C=O) groups excluding carboxylic acids is 1. The lowest BCUT2D eigenvalue weighted by Gasteiger charge is -2.35. The molecule has 4 heteroatoms. The first-order chi connectivity index (χ1) is 13.5. The van der Waals surface area contributed by atoms with Gasteiger partial charge in [0.25, 0.3) is 5.91 Å². The van der Waals surface area contributed by atoms with Crippen molar-refractivity contribution < 1.29 is 9.53 Å². The molecule has 1 atom stereocenters. The van der Waals surface area contributed by atoms with Crippen LogP contribution in [0.3, 0.4) is 0 Å². The Hall–Kier alpha value is -2.33. The highest BCUT2D eigenvalue weighted by Gasteiger charge is 2.23. The predicted octanol–water partition coefficient (Wildman–Crippen LogP) is 4.74. The normalized spacial score (nSPS) is 16.0. The minimum absolute atomic E-state index is 0.0368. The van der Waals surface area contributed by atoms with Gasteiger partial charge in [0, 0.05) is 12.1 Å². The van der Waals surface area contributed by atoms with Gasteiger partial charge in [0.15, 0.2) is 0 Å². The van der Waals surface area contributed by atoms with Crippen LogP contribution in [0.2, 0.25) is 0 Å². The zero-order valence-corrected chi connectivity index (χ0v) is 17.3. The Balaban J connectivity index is 1.66. The zero-order valence-electron chi connectivity index (χ0n) is 17.3. The highest BCUT2D eigenvalue weighted by molar-refractivity contribution is 5.94. The molecule has 2 aromatic carbocycles. The summed E-state index contributed by atoms with van der Waals surface area (Å²) in [7, 11) is 0. The van der Waals surface area contributed by atoms with Gasteiger partial charge in [-0.05, 0) is 76.5 Å². The van der Waals surface area contributed by atoms with Crippen molar-refractivity contribution in [3.63, 3.8) is 0 Å². The number of nitrogens with one attached hydrogen (secondary N) is 1. The fraction of sp³-hybridized carbons (Fsp3) is 0.458. The van der Waals surface area contributed by atoms with Crippen LogP contribution in [-0.4, -0.2) is 36.5 Å². The van der Waals surface area contributed by atoms with Crippen LogP contribution in [0.5, 0.6) is 5.75 Å². The second-order valence-corrected chi connectivity index (χ2v) is 7.92. The van der Waals surface area contributed by atoms with Crippen molar-refractivity contribution in [2.24, 2.45) is 0 Å². The maximum atomic E-state index is 12.7. The molecule has 28 heavy (non-hydrogen) atoms. The van der Waals surface area contributed by atoms with Crippen molar-refractivity contribution in [1.29, 1.82) is 0 Å². The Morgan fingerprint density at radius 1 is 1.00 bits per heavy atom. The van der Waals surface area contributed by atoms with Crippen LogP contribution in [-0.2, 0) is 0 Å². The van der Waals surface area contributed by atoms with Crippen LogP contribution in [0.1, 0.15) is 60.6 Å². The lowest BCUT2D eigenvalue weighted by atomic mass is 10.0. The van der Waals surface area contributed by atoms with Crippen LogP contribution in [0.15, 0.2) is 48.5 Å². The van der Waals surface area contributed by atoms with Crippen LogP contribution in [0.25, 0.3) is 0 Å². The van der Waals surface area contributed by atoms with E-state index in [9.17, 15) is 4.79 Å². The van der Waals surface area contributed by atoms with Gasteiger partial charge in [-0.2, -0.15) is 0 Å². The molecule has 4 nitrogen and oxygen atoms in total. The molecular weight excluding hydrogens is 348 g/mol. The summed E-state index contributed by atoms with van der Waals surface area (Å²) in [6, 6.07) is 16.3. The molecule has 0 bridgehead atoms. The van der Waals surface area contributed by atoms with Crippen molar-refractivity contribution in [1.82, 2.24) is 10.2 Å². The quantitative estimate of drug-likeness (QED) is 0.754. The summed E-state index contributed by atoms with van der Waals surface area (Å²) >= 11 is 0. The van der Waals surface area contributed by atoms with Crippen LogP contribution in [0.4, 0.5) is 0 Å². The first kappa shape index (κ1) is 20.4. The van der Waals surface area contributed by atoms with Gasteiger partial charge in [-0.3, -0.25) is 9.69 Å². The standard InChI is InChI=1S/C24H32N2O2/c1-18(2)28-22-13-11-21(12-14-22)24(27)25-17-23(26-15-5-4-6-16-26)20-9-7-19(3)8-10-20/h7-14,18,23H,4-6,15-17H2,1-3H3,(H,25,27). The molecule has 150 valence electrons. The Labute approximate surface area is 168 Å². The van der Waals surface area contributed by atoms with E-state index in [1.54, 1.807) is 0 Å². The fourth-order valence-corrected chi connectivity index (χ4v) is 3.72. The SMILES string of the molecule is Cc1ccc(C(CNC(=O)c2ccc(OC(C)C)cc2)N2CCCCC2)cc1. The predicted molar refractivity (Wildman–Crippen MR) is 114 cm³/mol. The van der Waals surface area contributed by atoms with Crippen molar-refractivity contribution in [2.75, 3.05) is 19.6 Å². The van der Waals surface area contributed by atoms with E-state index in [1.807, 2.05) is 38.1 Å². The molecule has 1 fully saturated rings. The molecule has 3 rings (SSSR count). The van der Waals surface area contributed by atoms with E-state index in [0.717, 1.165) is 18.8 Å². The number of benzene rings is 2. The number of ether oxygens (including phenoxy) is 1. The summed E-state index contributed by atoms with van der Waals surface area (Å²) < 4.78 is 5.66. The molecule has 0 saturated carbocycles. The molecule has 0 radical (unpaired) electrons. The molecule has 1 aliphatic heterocycles. The van der Waals surface area contributed by atoms with E-state index >= 15 is 0 Å². The van der Waals surface area contributed by atoms with E-state index < -0.39 is 0 Å². The molecule has 0 aliphatic carbocycles. The maximum Gasteiger partial charge on any atom is 0.251 e. The number of rotatable bonds is 7. The Morgan fingerprint density at radius 3 is 2.25 bits per heavy atom. The van der Waals surface area contributed by atoms with Gasteiger partial charge >= 0.3 is 0 Å². The van der Waals surface area contributed by atoms with Gasteiger partial charge in [-0.15, -0.1) is 0 Å². The topological polar surface area (TPSA) is 41.6 Å². The Bertz CT molecular complexity index is 747. The summed E-state index contributed by atoms with van der Waals surface area (Å²) in [6.45, 7) is 8.89. The first-order valence-electron chi connectivity index (χ1n) is 10.4. The second kappa shape index (κ2) is 9.74. The maximum absolute atomic E-state index is 12.7. The Kier molecular flexibility index (Phi) is 7.10. The van der Waals surface area contributed by atoms with Crippen molar-refractivity contribution in [3.05, 3.63) is 65.2 Å². The van der Waals surface area contributed by atoms with Crippen molar-refractivity contribution >= 4 is 5.91 Å². The molecule has 1 saturated heterocycles. The molecule has 2 aromatic rings. The number of carbonyl (C=O) groups is 1. The van der Waals surface area contributed by atoms with E-state index in [0.29, 0.717) is 12.1 Å². The molecule has 1 aliphatic rings. The minimum atomic E-state index is -0.0368. The number of aryl methyl sites for hydroxylation is 1. The number of nitrogens with zero attached hydrogens (tertiary/aromatic N) is 1. The lowest BCUT2D eigenvalue weighted by molar-refractivity contribution is 0.0924. The monoisotopic (exact) mass is 380 g/mol. The van der Waals surface area contributed by atoms with Crippen LogP contribution < -0.4 is 10.1 Å². The van der Waals surface area contributed by atoms with Gasteiger partial charge in [0.1, 0.15) is 5.75 Å². The number of piperidine rings is 1. The van der Waals surface area contributed by atoms with Gasteiger partial charge < -0.3 is 10.1 Å². The lowest BCUT2D eigenvalue weighted by Crippen LogP contribution is -2.40. The van der Waals surface area contributed by atoms with Crippen LogP contribution >= 0.6 is 0 Å². The summed E-state index contributed by atoms with van der Waals surface area (Å²) in [6.07, 6.45) is 3.88. The van der Waals surface area contributed by atoms with Gasteiger partial charge in [-0.25, -0.2) is 0 Å². The third-order valence-corrected chi connectivity index (χ3v) is 5.24.